The summed E-state index contributed by atoms with van der Waals surface area (Å²) in [6, 6.07) is 6.17. The fourth-order valence-corrected chi connectivity index (χ4v) is 3.51. The summed E-state index contributed by atoms with van der Waals surface area (Å²) in [5, 5.41) is 4.76. The van der Waals surface area contributed by atoms with Crippen molar-refractivity contribution in [2.75, 3.05) is 26.7 Å². The zero-order chi connectivity index (χ0) is 13.8. The van der Waals surface area contributed by atoms with Crippen LogP contribution in [0.4, 0.5) is 0 Å². The molecule has 1 aliphatic heterocycles. The van der Waals surface area contributed by atoms with Gasteiger partial charge in [0.2, 0.25) is 0 Å². The Morgan fingerprint density at radius 1 is 1.42 bits per heavy atom. The lowest BCUT2D eigenvalue weighted by molar-refractivity contribution is 0.131. The summed E-state index contributed by atoms with van der Waals surface area (Å²) >= 11 is 12.3. The highest BCUT2D eigenvalue weighted by Crippen LogP contribution is 2.32. The third-order valence-corrected chi connectivity index (χ3v) is 4.57. The summed E-state index contributed by atoms with van der Waals surface area (Å²) in [5.74, 6) is 0.743. The molecule has 19 heavy (non-hydrogen) atoms. The Balaban J connectivity index is 2.07. The fraction of sp³-hybridized carbons (Fsp3) is 0.600. The third kappa shape index (κ3) is 3.85. The van der Waals surface area contributed by atoms with Gasteiger partial charge in [-0.3, -0.25) is 4.90 Å². The van der Waals surface area contributed by atoms with Crippen molar-refractivity contribution < 1.29 is 0 Å². The molecule has 4 heteroatoms. The molecule has 2 atom stereocenters. The van der Waals surface area contributed by atoms with Crippen LogP contribution in [0.25, 0.3) is 0 Å². The third-order valence-electron chi connectivity index (χ3n) is 4.00. The molecule has 2 nitrogen and oxygen atoms in total. The van der Waals surface area contributed by atoms with Crippen LogP contribution in [-0.2, 0) is 0 Å². The summed E-state index contributed by atoms with van der Waals surface area (Å²) in [4.78, 5) is 2.53. The van der Waals surface area contributed by atoms with Gasteiger partial charge in [-0.2, -0.15) is 0 Å². The molecule has 0 spiro atoms. The van der Waals surface area contributed by atoms with Crippen LogP contribution < -0.4 is 5.32 Å². The Kier molecular flexibility index (Phi) is 5.52. The molecule has 0 saturated carbocycles. The first kappa shape index (κ1) is 15.1. The van der Waals surface area contributed by atoms with Crippen LogP contribution in [-0.4, -0.2) is 31.6 Å². The predicted molar refractivity (Wildman–Crippen MR) is 83.1 cm³/mol. The first-order chi connectivity index (χ1) is 9.11. The lowest BCUT2D eigenvalue weighted by atomic mass is 9.95. The monoisotopic (exact) mass is 300 g/mol. The first-order valence-electron chi connectivity index (χ1n) is 6.95. The molecule has 0 radical (unpaired) electrons. The van der Waals surface area contributed by atoms with E-state index in [0.717, 1.165) is 30.6 Å². The summed E-state index contributed by atoms with van der Waals surface area (Å²) in [5.41, 5.74) is 1.18. The molecule has 106 valence electrons. The minimum Gasteiger partial charge on any atom is -0.319 e. The van der Waals surface area contributed by atoms with E-state index in [-0.39, 0.29) is 0 Å². The number of piperidine rings is 1. The summed E-state index contributed by atoms with van der Waals surface area (Å²) < 4.78 is 0. The van der Waals surface area contributed by atoms with Crippen LogP contribution in [0.2, 0.25) is 10.0 Å². The van der Waals surface area contributed by atoms with Crippen molar-refractivity contribution in [3.05, 3.63) is 33.8 Å². The average Bonchev–Trinajstić information content (AvgIpc) is 2.39. The Hall–Kier alpha value is -0.280. The normalized spacial score (nSPS) is 22.4. The van der Waals surface area contributed by atoms with E-state index in [1.165, 1.54) is 18.4 Å². The smallest absolute Gasteiger partial charge is 0.0468 e. The van der Waals surface area contributed by atoms with Crippen LogP contribution in [0.3, 0.4) is 0 Å². The van der Waals surface area contributed by atoms with Crippen molar-refractivity contribution in [3.8, 4) is 0 Å². The summed E-state index contributed by atoms with van der Waals surface area (Å²) in [6.07, 6.45) is 2.58. The molecule has 0 aromatic heterocycles. The van der Waals surface area contributed by atoms with E-state index in [1.807, 2.05) is 19.2 Å². The van der Waals surface area contributed by atoms with Gasteiger partial charge in [0.1, 0.15) is 0 Å². The van der Waals surface area contributed by atoms with E-state index in [2.05, 4.69) is 23.2 Å². The average molecular weight is 301 g/mol. The van der Waals surface area contributed by atoms with Crippen LogP contribution in [0.15, 0.2) is 18.2 Å². The second-order valence-electron chi connectivity index (χ2n) is 5.40. The van der Waals surface area contributed by atoms with Crippen LogP contribution in [0, 0.1) is 5.92 Å². The van der Waals surface area contributed by atoms with E-state index in [4.69, 9.17) is 23.2 Å². The topological polar surface area (TPSA) is 15.3 Å². The van der Waals surface area contributed by atoms with Crippen LogP contribution in [0.5, 0.6) is 0 Å². The number of nitrogens with one attached hydrogen (secondary N) is 1. The standard InChI is InChI=1S/C15H22Cl2N2/c1-11(14-6-5-13(16)8-15(14)17)19-7-3-4-12(10-19)9-18-2/h5-6,8,11-12,18H,3-4,7,9-10H2,1-2H3. The number of nitrogens with zero attached hydrogens (tertiary/aromatic N) is 1. The van der Waals surface area contributed by atoms with Gasteiger partial charge in [0.25, 0.3) is 0 Å². The van der Waals surface area contributed by atoms with Crippen molar-refractivity contribution in [2.45, 2.75) is 25.8 Å². The SMILES string of the molecule is CNCC1CCCN(C(C)c2ccc(Cl)cc2Cl)C1. The molecule has 1 aromatic carbocycles. The molecule has 0 aliphatic carbocycles. The molecule has 1 fully saturated rings. The van der Waals surface area contributed by atoms with Gasteiger partial charge < -0.3 is 5.32 Å². The van der Waals surface area contributed by atoms with Gasteiger partial charge in [0.05, 0.1) is 0 Å². The van der Waals surface area contributed by atoms with Crippen LogP contribution >= 0.6 is 23.2 Å². The van der Waals surface area contributed by atoms with Crippen molar-refractivity contribution in [2.24, 2.45) is 5.92 Å². The number of hydrogen-bond donors (Lipinski definition) is 1. The molecular formula is C15H22Cl2N2. The van der Waals surface area contributed by atoms with Crippen molar-refractivity contribution in [1.82, 2.24) is 10.2 Å². The highest BCUT2D eigenvalue weighted by molar-refractivity contribution is 6.35. The molecular weight excluding hydrogens is 279 g/mol. The maximum Gasteiger partial charge on any atom is 0.0468 e. The number of benzene rings is 1. The molecule has 1 heterocycles. The summed E-state index contributed by atoms with van der Waals surface area (Å²) in [6.45, 7) is 5.62. The van der Waals surface area contributed by atoms with Crippen molar-refractivity contribution in [3.63, 3.8) is 0 Å². The molecule has 2 unspecified atom stereocenters. The lowest BCUT2D eigenvalue weighted by Crippen LogP contribution is -2.40. The number of likely N-dealkylation sites (tertiary alicyclic amines) is 1. The van der Waals surface area contributed by atoms with E-state index in [1.54, 1.807) is 0 Å². The van der Waals surface area contributed by atoms with Gasteiger partial charge in [-0.1, -0.05) is 29.3 Å². The van der Waals surface area contributed by atoms with Crippen molar-refractivity contribution >= 4 is 23.2 Å². The van der Waals surface area contributed by atoms with E-state index in [9.17, 15) is 0 Å². The fourth-order valence-electron chi connectivity index (χ4n) is 2.94. The highest BCUT2D eigenvalue weighted by atomic mass is 35.5. The minimum atomic E-state index is 0.351. The molecule has 1 saturated heterocycles. The molecule has 1 N–H and O–H groups in total. The minimum absolute atomic E-state index is 0.351. The lowest BCUT2D eigenvalue weighted by Gasteiger charge is -2.37. The molecule has 0 amide bonds. The number of rotatable bonds is 4. The maximum absolute atomic E-state index is 6.32. The first-order valence-corrected chi connectivity index (χ1v) is 7.71. The van der Waals surface area contributed by atoms with Gasteiger partial charge in [-0.15, -0.1) is 0 Å². The zero-order valence-electron chi connectivity index (χ0n) is 11.6. The summed E-state index contributed by atoms with van der Waals surface area (Å²) in [7, 11) is 2.03. The Labute approximate surface area is 126 Å². The maximum atomic E-state index is 6.32. The Bertz CT molecular complexity index is 421. The molecule has 2 rings (SSSR count). The van der Waals surface area contributed by atoms with E-state index in [0.29, 0.717) is 11.1 Å². The number of halogens is 2. The molecule has 0 bridgehead atoms. The largest absolute Gasteiger partial charge is 0.319 e. The second-order valence-corrected chi connectivity index (χ2v) is 6.25. The molecule has 1 aromatic rings. The second kappa shape index (κ2) is 6.94. The van der Waals surface area contributed by atoms with Gasteiger partial charge in [-0.25, -0.2) is 0 Å². The molecule has 1 aliphatic rings. The van der Waals surface area contributed by atoms with Crippen molar-refractivity contribution in [1.29, 1.82) is 0 Å². The van der Waals surface area contributed by atoms with Crippen LogP contribution in [0.1, 0.15) is 31.4 Å². The quantitative estimate of drug-likeness (QED) is 0.904. The highest BCUT2D eigenvalue weighted by Gasteiger charge is 2.25. The van der Waals surface area contributed by atoms with Gasteiger partial charge in [0, 0.05) is 22.6 Å². The zero-order valence-corrected chi connectivity index (χ0v) is 13.1. The Morgan fingerprint density at radius 2 is 2.21 bits per heavy atom. The number of hydrogen-bond acceptors (Lipinski definition) is 2. The Morgan fingerprint density at radius 3 is 2.89 bits per heavy atom. The van der Waals surface area contributed by atoms with E-state index >= 15 is 0 Å². The van der Waals surface area contributed by atoms with Gasteiger partial charge in [0.15, 0.2) is 0 Å². The predicted octanol–water partition coefficient (Wildman–Crippen LogP) is 3.99. The van der Waals surface area contributed by atoms with Gasteiger partial charge >= 0.3 is 0 Å². The van der Waals surface area contributed by atoms with Gasteiger partial charge in [-0.05, 0) is 63.5 Å². The van der Waals surface area contributed by atoms with E-state index < -0.39 is 0 Å².